The van der Waals surface area contributed by atoms with E-state index in [9.17, 15) is 0 Å². The van der Waals surface area contributed by atoms with Crippen LogP contribution in [0.5, 0.6) is 5.75 Å². The third kappa shape index (κ3) is 5.55. The normalized spacial score (nSPS) is 18.2. The van der Waals surface area contributed by atoms with Gasteiger partial charge in [0, 0.05) is 38.6 Å². The summed E-state index contributed by atoms with van der Waals surface area (Å²) < 4.78 is 5.49. The van der Waals surface area contributed by atoms with Crippen molar-refractivity contribution >= 4 is 0 Å². The highest BCUT2D eigenvalue weighted by Gasteiger charge is 2.21. The van der Waals surface area contributed by atoms with Gasteiger partial charge in [-0.05, 0) is 62.0 Å². The average molecular weight is 354 g/mol. The zero-order valence-corrected chi connectivity index (χ0v) is 16.1. The summed E-state index contributed by atoms with van der Waals surface area (Å²) in [6.45, 7) is 5.67. The van der Waals surface area contributed by atoms with Crippen molar-refractivity contribution in [2.45, 2.75) is 25.8 Å². The molecule has 1 unspecified atom stereocenters. The van der Waals surface area contributed by atoms with Crippen LogP contribution in [0.4, 0.5) is 0 Å². The third-order valence-electron chi connectivity index (χ3n) is 5.24. The first-order chi connectivity index (χ1) is 12.7. The average Bonchev–Trinajstić information content (AvgIpc) is 2.67. The van der Waals surface area contributed by atoms with Crippen LogP contribution in [0, 0.1) is 5.92 Å². The Morgan fingerprint density at radius 1 is 1.23 bits per heavy atom. The second-order valence-electron chi connectivity index (χ2n) is 7.43. The number of methoxy groups -OCH3 is 1. The summed E-state index contributed by atoms with van der Waals surface area (Å²) in [6, 6.07) is 12.6. The van der Waals surface area contributed by atoms with Crippen molar-refractivity contribution in [3.05, 3.63) is 59.9 Å². The van der Waals surface area contributed by atoms with Crippen LogP contribution in [-0.2, 0) is 13.0 Å². The van der Waals surface area contributed by atoms with Crippen molar-refractivity contribution in [2.75, 3.05) is 40.3 Å². The molecule has 1 aromatic heterocycles. The topological polar surface area (TPSA) is 28.6 Å². The molecule has 0 bridgehead atoms. The molecule has 1 atom stereocenters. The molecule has 1 saturated heterocycles. The quantitative estimate of drug-likeness (QED) is 0.726. The molecule has 1 aliphatic heterocycles. The van der Waals surface area contributed by atoms with Gasteiger partial charge in [-0.15, -0.1) is 0 Å². The standard InChI is InChI=1S/C22H31N3O/c1-24(16-19-7-5-12-23-15-19)17-20-8-6-13-25(18-20)14-11-21-9-3-4-10-22(21)26-2/h3-5,7,9-10,12,15,20H,6,8,11,13-14,16-18H2,1-2H3. The lowest BCUT2D eigenvalue weighted by atomic mass is 9.97. The van der Waals surface area contributed by atoms with Crippen LogP contribution in [0.1, 0.15) is 24.0 Å². The van der Waals surface area contributed by atoms with Crippen LogP contribution in [-0.4, -0.2) is 55.1 Å². The molecule has 2 heterocycles. The molecule has 1 aliphatic rings. The number of likely N-dealkylation sites (tertiary alicyclic amines) is 1. The Balaban J connectivity index is 1.46. The van der Waals surface area contributed by atoms with Crippen molar-refractivity contribution < 1.29 is 4.74 Å². The zero-order valence-electron chi connectivity index (χ0n) is 16.1. The molecule has 4 nitrogen and oxygen atoms in total. The van der Waals surface area contributed by atoms with Crippen molar-refractivity contribution in [2.24, 2.45) is 5.92 Å². The summed E-state index contributed by atoms with van der Waals surface area (Å²) in [6.07, 6.45) is 7.50. The minimum atomic E-state index is 0.753. The van der Waals surface area contributed by atoms with Gasteiger partial charge in [0.15, 0.2) is 0 Å². The van der Waals surface area contributed by atoms with E-state index in [0.29, 0.717) is 0 Å². The van der Waals surface area contributed by atoms with Crippen LogP contribution in [0.2, 0.25) is 0 Å². The highest BCUT2D eigenvalue weighted by atomic mass is 16.5. The van der Waals surface area contributed by atoms with E-state index < -0.39 is 0 Å². The number of hydrogen-bond donors (Lipinski definition) is 0. The number of rotatable bonds is 8. The summed E-state index contributed by atoms with van der Waals surface area (Å²) in [7, 11) is 3.98. The smallest absolute Gasteiger partial charge is 0.122 e. The second-order valence-corrected chi connectivity index (χ2v) is 7.43. The molecule has 1 aromatic carbocycles. The van der Waals surface area contributed by atoms with Gasteiger partial charge in [0.05, 0.1) is 7.11 Å². The maximum atomic E-state index is 5.49. The molecule has 4 heteroatoms. The number of aromatic nitrogens is 1. The Kier molecular flexibility index (Phi) is 7.04. The third-order valence-corrected chi connectivity index (χ3v) is 5.24. The first-order valence-electron chi connectivity index (χ1n) is 9.66. The van der Waals surface area contributed by atoms with E-state index in [1.807, 2.05) is 24.5 Å². The maximum Gasteiger partial charge on any atom is 0.122 e. The molecule has 0 saturated carbocycles. The fraction of sp³-hybridized carbons (Fsp3) is 0.500. The van der Waals surface area contributed by atoms with Crippen molar-refractivity contribution in [3.8, 4) is 5.75 Å². The van der Waals surface area contributed by atoms with Gasteiger partial charge >= 0.3 is 0 Å². The number of benzene rings is 1. The Morgan fingerprint density at radius 2 is 2.12 bits per heavy atom. The van der Waals surface area contributed by atoms with Crippen LogP contribution < -0.4 is 4.74 Å². The highest BCUT2D eigenvalue weighted by molar-refractivity contribution is 5.33. The largest absolute Gasteiger partial charge is 0.496 e. The molecule has 2 aromatic rings. The minimum Gasteiger partial charge on any atom is -0.496 e. The summed E-state index contributed by atoms with van der Waals surface area (Å²) in [5.74, 6) is 1.76. The summed E-state index contributed by atoms with van der Waals surface area (Å²) in [4.78, 5) is 9.28. The molecule has 0 N–H and O–H groups in total. The van der Waals surface area contributed by atoms with E-state index in [1.165, 1.54) is 37.1 Å². The number of hydrogen-bond acceptors (Lipinski definition) is 4. The van der Waals surface area contributed by atoms with Gasteiger partial charge in [-0.2, -0.15) is 0 Å². The monoisotopic (exact) mass is 353 g/mol. The molecule has 3 rings (SSSR count). The van der Waals surface area contributed by atoms with Gasteiger partial charge in [-0.1, -0.05) is 24.3 Å². The lowest BCUT2D eigenvalue weighted by Crippen LogP contribution is -2.40. The van der Waals surface area contributed by atoms with Gasteiger partial charge in [0.2, 0.25) is 0 Å². The second kappa shape index (κ2) is 9.70. The number of para-hydroxylation sites is 1. The van der Waals surface area contributed by atoms with Gasteiger partial charge < -0.3 is 14.5 Å². The zero-order chi connectivity index (χ0) is 18.2. The molecule has 0 spiro atoms. The molecule has 0 aliphatic carbocycles. The SMILES string of the molecule is COc1ccccc1CCN1CCCC(CN(C)Cc2cccnc2)C1. The van der Waals surface area contributed by atoms with E-state index in [1.54, 1.807) is 7.11 Å². The number of piperidine rings is 1. The maximum absolute atomic E-state index is 5.49. The molecular weight excluding hydrogens is 322 g/mol. The minimum absolute atomic E-state index is 0.753. The fourth-order valence-corrected chi connectivity index (χ4v) is 4.00. The van der Waals surface area contributed by atoms with Crippen LogP contribution in [0.3, 0.4) is 0 Å². The number of ether oxygens (including phenoxy) is 1. The van der Waals surface area contributed by atoms with E-state index >= 15 is 0 Å². The Hall–Kier alpha value is -1.91. The molecule has 26 heavy (non-hydrogen) atoms. The lowest BCUT2D eigenvalue weighted by Gasteiger charge is -2.34. The fourth-order valence-electron chi connectivity index (χ4n) is 4.00. The van der Waals surface area contributed by atoms with Crippen LogP contribution >= 0.6 is 0 Å². The van der Waals surface area contributed by atoms with Crippen molar-refractivity contribution in [3.63, 3.8) is 0 Å². The molecule has 0 amide bonds. The van der Waals surface area contributed by atoms with E-state index in [2.05, 4.69) is 46.1 Å². The van der Waals surface area contributed by atoms with Gasteiger partial charge in [-0.25, -0.2) is 0 Å². The van der Waals surface area contributed by atoms with Crippen molar-refractivity contribution in [1.29, 1.82) is 0 Å². The van der Waals surface area contributed by atoms with E-state index in [0.717, 1.165) is 37.7 Å². The number of pyridine rings is 1. The van der Waals surface area contributed by atoms with Gasteiger partial charge in [-0.3, -0.25) is 4.98 Å². The first-order valence-corrected chi connectivity index (χ1v) is 9.66. The Labute approximate surface area is 157 Å². The summed E-state index contributed by atoms with van der Waals surface area (Å²) in [5.41, 5.74) is 2.60. The predicted molar refractivity (Wildman–Crippen MR) is 106 cm³/mol. The first kappa shape index (κ1) is 18.9. The Morgan fingerprint density at radius 3 is 2.92 bits per heavy atom. The lowest BCUT2D eigenvalue weighted by molar-refractivity contribution is 0.142. The molecule has 140 valence electrons. The van der Waals surface area contributed by atoms with Crippen molar-refractivity contribution in [1.82, 2.24) is 14.8 Å². The van der Waals surface area contributed by atoms with Gasteiger partial charge in [0.1, 0.15) is 5.75 Å². The van der Waals surface area contributed by atoms with Crippen LogP contribution in [0.15, 0.2) is 48.8 Å². The van der Waals surface area contributed by atoms with Gasteiger partial charge in [0.25, 0.3) is 0 Å². The van der Waals surface area contributed by atoms with E-state index in [4.69, 9.17) is 4.74 Å². The molecule has 1 fully saturated rings. The summed E-state index contributed by atoms with van der Waals surface area (Å²) in [5, 5.41) is 0. The summed E-state index contributed by atoms with van der Waals surface area (Å²) >= 11 is 0. The highest BCUT2D eigenvalue weighted by Crippen LogP contribution is 2.21. The molecular formula is C22H31N3O. The Bertz CT molecular complexity index is 661. The van der Waals surface area contributed by atoms with E-state index in [-0.39, 0.29) is 0 Å². The number of nitrogens with zero attached hydrogens (tertiary/aromatic N) is 3. The van der Waals surface area contributed by atoms with Crippen LogP contribution in [0.25, 0.3) is 0 Å². The predicted octanol–water partition coefficient (Wildman–Crippen LogP) is 3.48. The molecule has 0 radical (unpaired) electrons.